The van der Waals surface area contributed by atoms with Crippen LogP contribution in [0.4, 0.5) is 87.8 Å². The first-order valence-electron chi connectivity index (χ1n) is 6.78. The van der Waals surface area contributed by atoms with Gasteiger partial charge in [-0.2, -0.15) is 79.0 Å². The summed E-state index contributed by atoms with van der Waals surface area (Å²) in [6.45, 7) is 0. The van der Waals surface area contributed by atoms with Gasteiger partial charge in [0.05, 0.1) is 5.57 Å². The van der Waals surface area contributed by atoms with Crippen molar-refractivity contribution in [3.63, 3.8) is 0 Å². The van der Waals surface area contributed by atoms with Gasteiger partial charge < -0.3 is 0 Å². The van der Waals surface area contributed by atoms with Crippen LogP contribution in [-0.4, -0.2) is 47.6 Å². The maximum Gasteiger partial charge on any atom is 0.438 e. The molecular formula is C12F20. The number of alkyl halides is 17. The highest BCUT2D eigenvalue weighted by Gasteiger charge is 2.92. The van der Waals surface area contributed by atoms with Gasteiger partial charge >= 0.3 is 47.6 Å². The Morgan fingerprint density at radius 1 is 0.594 bits per heavy atom. The molecular weight excluding hydrogens is 524 g/mol. The van der Waals surface area contributed by atoms with Crippen LogP contribution >= 0.6 is 0 Å². The van der Waals surface area contributed by atoms with Gasteiger partial charge in [-0.25, -0.2) is 8.78 Å². The van der Waals surface area contributed by atoms with E-state index in [1.165, 1.54) is 0 Å². The molecule has 1 aliphatic carbocycles. The van der Waals surface area contributed by atoms with Gasteiger partial charge in [-0.15, -0.1) is 0 Å². The Hall–Kier alpha value is -1.92. The minimum atomic E-state index is -8.69. The normalized spacial score (nSPS) is 22.3. The third-order valence-electron chi connectivity index (χ3n) is 3.96. The molecule has 1 aliphatic rings. The highest BCUT2D eigenvalue weighted by molar-refractivity contribution is 5.53. The van der Waals surface area contributed by atoms with Crippen molar-refractivity contribution < 1.29 is 87.8 Å². The molecule has 0 bridgehead atoms. The van der Waals surface area contributed by atoms with E-state index in [0.29, 0.717) is 0 Å². The first kappa shape index (κ1) is 28.1. The second-order valence-electron chi connectivity index (χ2n) is 5.85. The highest BCUT2D eigenvalue weighted by atomic mass is 19.4. The summed E-state index contributed by atoms with van der Waals surface area (Å²) in [5, 5.41) is 0. The summed E-state index contributed by atoms with van der Waals surface area (Å²) in [5.41, 5.74) is -18.5. The molecule has 0 N–H and O–H groups in total. The summed E-state index contributed by atoms with van der Waals surface area (Å²) in [6, 6.07) is 0. The Morgan fingerprint density at radius 2 is 0.938 bits per heavy atom. The number of halogens is 20. The lowest BCUT2D eigenvalue weighted by Crippen LogP contribution is -2.71. The second-order valence-corrected chi connectivity index (χ2v) is 5.85. The van der Waals surface area contributed by atoms with Crippen LogP contribution in [0.15, 0.2) is 23.1 Å². The predicted molar refractivity (Wildman–Crippen MR) is 58.1 cm³/mol. The number of hydrogen-bond donors (Lipinski definition) is 0. The largest absolute Gasteiger partial charge is 0.438 e. The van der Waals surface area contributed by atoms with Crippen molar-refractivity contribution in [2.45, 2.75) is 47.6 Å². The van der Waals surface area contributed by atoms with Crippen molar-refractivity contribution in [2.24, 2.45) is 0 Å². The van der Waals surface area contributed by atoms with Crippen molar-refractivity contribution >= 4 is 0 Å². The molecule has 0 aromatic heterocycles. The lowest BCUT2D eigenvalue weighted by molar-refractivity contribution is -0.422. The van der Waals surface area contributed by atoms with Crippen molar-refractivity contribution in [3.05, 3.63) is 23.1 Å². The van der Waals surface area contributed by atoms with Crippen molar-refractivity contribution in [3.8, 4) is 0 Å². The fourth-order valence-corrected chi connectivity index (χ4v) is 2.31. The van der Waals surface area contributed by atoms with Gasteiger partial charge in [0.25, 0.3) is 6.08 Å². The lowest BCUT2D eigenvalue weighted by atomic mass is 9.77. The molecule has 0 aromatic carbocycles. The van der Waals surface area contributed by atoms with Gasteiger partial charge in [0.2, 0.25) is 0 Å². The van der Waals surface area contributed by atoms with Gasteiger partial charge in [-0.05, 0) is 0 Å². The molecule has 0 aliphatic heterocycles. The van der Waals surface area contributed by atoms with Gasteiger partial charge in [0.1, 0.15) is 5.57 Å². The van der Waals surface area contributed by atoms with Gasteiger partial charge in [-0.3, -0.25) is 0 Å². The van der Waals surface area contributed by atoms with Crippen LogP contribution in [0.2, 0.25) is 0 Å². The Bertz CT molecular complexity index is 814. The first-order chi connectivity index (χ1) is 13.6. The predicted octanol–water partition coefficient (Wildman–Crippen LogP) is 7.38. The monoisotopic (exact) mass is 524 g/mol. The van der Waals surface area contributed by atoms with Crippen LogP contribution in [0, 0.1) is 0 Å². The van der Waals surface area contributed by atoms with E-state index in [2.05, 4.69) is 0 Å². The molecule has 0 nitrogen and oxygen atoms in total. The Balaban J connectivity index is 4.25. The van der Waals surface area contributed by atoms with Crippen molar-refractivity contribution in [1.82, 2.24) is 0 Å². The summed E-state index contributed by atoms with van der Waals surface area (Å²) in [6.07, 6.45) is -21.2. The van der Waals surface area contributed by atoms with Crippen molar-refractivity contribution in [1.29, 1.82) is 0 Å². The fourth-order valence-electron chi connectivity index (χ4n) is 2.31. The van der Waals surface area contributed by atoms with E-state index >= 15 is 0 Å². The summed E-state index contributed by atoms with van der Waals surface area (Å²) < 4.78 is 261. The smallest absolute Gasteiger partial charge is 0.216 e. The standard InChI is InChI=1S/C12F20/c13-3-1(2(4(14)15)6(18,19)9(23,24)7(3,20)21)5(16,17)10(25,26)8(22,11(27,28)29)12(30,31)32. The van der Waals surface area contributed by atoms with E-state index in [1.807, 2.05) is 0 Å². The molecule has 0 spiro atoms. The summed E-state index contributed by atoms with van der Waals surface area (Å²) in [5.74, 6) is -44.5. The molecule has 0 heterocycles. The minimum absolute atomic E-state index is 4.80. The molecule has 0 aromatic rings. The molecule has 0 saturated carbocycles. The highest BCUT2D eigenvalue weighted by Crippen LogP contribution is 2.66. The van der Waals surface area contributed by atoms with E-state index in [-0.39, 0.29) is 0 Å². The Labute approximate surface area is 160 Å². The summed E-state index contributed by atoms with van der Waals surface area (Å²) >= 11 is 0. The Kier molecular flexibility index (Phi) is 5.97. The molecule has 32 heavy (non-hydrogen) atoms. The van der Waals surface area contributed by atoms with Crippen LogP contribution in [0.3, 0.4) is 0 Å². The zero-order valence-electron chi connectivity index (χ0n) is 13.6. The van der Waals surface area contributed by atoms with Crippen molar-refractivity contribution in [2.75, 3.05) is 0 Å². The number of allylic oxidation sites excluding steroid dienone is 3. The molecule has 0 saturated heterocycles. The van der Waals surface area contributed by atoms with Gasteiger partial charge in [-0.1, -0.05) is 0 Å². The quantitative estimate of drug-likeness (QED) is 0.338. The third-order valence-corrected chi connectivity index (χ3v) is 3.96. The third kappa shape index (κ3) is 3.06. The fraction of sp³-hybridized carbons (Fsp3) is 0.667. The maximum absolute atomic E-state index is 13.9. The average Bonchev–Trinajstić information content (AvgIpc) is 2.53. The Morgan fingerprint density at radius 3 is 1.22 bits per heavy atom. The average molecular weight is 524 g/mol. The van der Waals surface area contributed by atoms with E-state index < -0.39 is 70.7 Å². The molecule has 1 rings (SSSR count). The lowest BCUT2D eigenvalue weighted by Gasteiger charge is -2.44. The zero-order valence-corrected chi connectivity index (χ0v) is 13.6. The minimum Gasteiger partial charge on any atom is -0.216 e. The van der Waals surface area contributed by atoms with Crippen LogP contribution in [-0.2, 0) is 0 Å². The summed E-state index contributed by atoms with van der Waals surface area (Å²) in [7, 11) is 0. The molecule has 0 fully saturated rings. The molecule has 0 radical (unpaired) electrons. The van der Waals surface area contributed by atoms with Crippen LogP contribution in [0.25, 0.3) is 0 Å². The number of hydrogen-bond acceptors (Lipinski definition) is 0. The van der Waals surface area contributed by atoms with Crippen LogP contribution < -0.4 is 0 Å². The van der Waals surface area contributed by atoms with E-state index in [0.717, 1.165) is 0 Å². The molecule has 0 amide bonds. The van der Waals surface area contributed by atoms with Crippen LogP contribution in [0.5, 0.6) is 0 Å². The zero-order chi connectivity index (χ0) is 26.3. The molecule has 0 atom stereocenters. The molecule has 20 heteroatoms. The van der Waals surface area contributed by atoms with E-state index in [1.54, 1.807) is 0 Å². The van der Waals surface area contributed by atoms with Crippen LogP contribution in [0.1, 0.15) is 0 Å². The maximum atomic E-state index is 13.9. The topological polar surface area (TPSA) is 0 Å². The second kappa shape index (κ2) is 6.80. The van der Waals surface area contributed by atoms with Gasteiger partial charge in [0.15, 0.2) is 5.83 Å². The molecule has 188 valence electrons. The van der Waals surface area contributed by atoms with E-state index in [9.17, 15) is 87.8 Å². The van der Waals surface area contributed by atoms with Gasteiger partial charge in [0, 0.05) is 0 Å². The number of rotatable bonds is 3. The summed E-state index contributed by atoms with van der Waals surface area (Å²) in [4.78, 5) is 0. The molecule has 0 unspecified atom stereocenters. The van der Waals surface area contributed by atoms with E-state index in [4.69, 9.17) is 0 Å². The first-order valence-corrected chi connectivity index (χ1v) is 6.78. The SMILES string of the molecule is FC(F)=C1C(C(F)(F)C(F)(F)C(F)(C(F)(F)F)C(F)(F)F)=C(F)C(F)(F)C(F)(F)C1(F)F.